The second kappa shape index (κ2) is 13.0. The van der Waals surface area contributed by atoms with Gasteiger partial charge in [0, 0.05) is 24.2 Å². The van der Waals surface area contributed by atoms with Crippen LogP contribution < -0.4 is 56.5 Å². The Morgan fingerprint density at radius 2 is 1.78 bits per heavy atom. The van der Waals surface area contributed by atoms with Crippen LogP contribution in [0.15, 0.2) is 48.5 Å². The first-order chi connectivity index (χ1) is 14.7. The normalized spacial score (nSPS) is 10.5. The zero-order chi connectivity index (χ0) is 20.9. The fourth-order valence-electron chi connectivity index (χ4n) is 3.53. The van der Waals surface area contributed by atoms with Crippen LogP contribution in [0.25, 0.3) is 22.5 Å². The van der Waals surface area contributed by atoms with Crippen LogP contribution >= 0.6 is 24.0 Å². The van der Waals surface area contributed by atoms with Gasteiger partial charge in [-0.25, -0.2) is 4.98 Å². The summed E-state index contributed by atoms with van der Waals surface area (Å²) in [5.41, 5.74) is 4.63. The molecule has 0 unspecified atom stereocenters. The summed E-state index contributed by atoms with van der Waals surface area (Å²) < 4.78 is 1.97. The number of nitrogens with one attached hydrogen (secondary N) is 1. The van der Waals surface area contributed by atoms with Crippen molar-refractivity contribution in [2.75, 3.05) is 0 Å². The molecular formula is C22H23Cl2KN6O. The predicted molar refractivity (Wildman–Crippen MR) is 121 cm³/mol. The van der Waals surface area contributed by atoms with Gasteiger partial charge in [-0.15, -0.1) is 22.6 Å². The number of aromatic nitrogens is 6. The van der Waals surface area contributed by atoms with Crippen molar-refractivity contribution in [3.05, 3.63) is 70.8 Å². The quantitative estimate of drug-likeness (QED) is 0.368. The van der Waals surface area contributed by atoms with E-state index in [9.17, 15) is 5.11 Å². The van der Waals surface area contributed by atoms with Gasteiger partial charge in [0.25, 0.3) is 0 Å². The molecule has 162 valence electrons. The van der Waals surface area contributed by atoms with Gasteiger partial charge in [0.2, 0.25) is 5.82 Å². The monoisotopic (exact) mass is 496 g/mol. The number of unbranched alkanes of at least 4 members (excludes halogenated alkanes) is 1. The molecule has 0 fully saturated rings. The van der Waals surface area contributed by atoms with E-state index < -0.39 is 0 Å². The second-order valence-electron chi connectivity index (χ2n) is 7.08. The Hall–Kier alpha value is -1.10. The Bertz CT molecular complexity index is 1120. The number of aromatic amines is 1. The van der Waals surface area contributed by atoms with E-state index in [2.05, 4.69) is 56.8 Å². The van der Waals surface area contributed by atoms with Gasteiger partial charge >= 0.3 is 51.4 Å². The summed E-state index contributed by atoms with van der Waals surface area (Å²) in [5.74, 6) is 1.43. The number of tetrazole rings is 1. The largest absolute Gasteiger partial charge is 1.00 e. The van der Waals surface area contributed by atoms with E-state index in [-0.39, 0.29) is 70.4 Å². The van der Waals surface area contributed by atoms with Gasteiger partial charge in [0.1, 0.15) is 11.0 Å². The van der Waals surface area contributed by atoms with Gasteiger partial charge in [-0.05, 0) is 28.3 Å². The number of H-pyrrole nitrogens is 1. The van der Waals surface area contributed by atoms with Gasteiger partial charge in [-0.2, -0.15) is 5.21 Å². The minimum Gasteiger partial charge on any atom is -0.850 e. The molecule has 4 aromatic rings. The van der Waals surface area contributed by atoms with E-state index in [1.54, 1.807) is 0 Å². The molecule has 0 radical (unpaired) electrons. The summed E-state index contributed by atoms with van der Waals surface area (Å²) in [6.45, 7) is 2.33. The number of hydrogen-bond acceptors (Lipinski definition) is 5. The van der Waals surface area contributed by atoms with Crippen LogP contribution in [0.4, 0.5) is 0 Å². The fourth-order valence-corrected chi connectivity index (χ4v) is 3.79. The number of benzene rings is 2. The molecule has 0 aliphatic carbocycles. The molecule has 2 aromatic carbocycles. The first kappa shape index (κ1) is 27.1. The average molecular weight is 497 g/mol. The molecule has 2 aromatic heterocycles. The van der Waals surface area contributed by atoms with Crippen molar-refractivity contribution in [3.8, 4) is 22.5 Å². The van der Waals surface area contributed by atoms with Crippen LogP contribution in [0.1, 0.15) is 36.8 Å². The minimum absolute atomic E-state index is 0. The molecule has 32 heavy (non-hydrogen) atoms. The number of rotatable bonds is 8. The van der Waals surface area contributed by atoms with E-state index in [1.807, 2.05) is 28.8 Å². The summed E-state index contributed by atoms with van der Waals surface area (Å²) in [6, 6.07) is 16.2. The van der Waals surface area contributed by atoms with Crippen molar-refractivity contribution in [3.63, 3.8) is 0 Å². The summed E-state index contributed by atoms with van der Waals surface area (Å²) in [6.07, 6.45) is 2.88. The van der Waals surface area contributed by atoms with Crippen molar-refractivity contribution < 1.29 is 56.5 Å². The Morgan fingerprint density at radius 3 is 2.41 bits per heavy atom. The Balaban J connectivity index is 0.00000181. The van der Waals surface area contributed by atoms with Crippen molar-refractivity contribution in [2.45, 2.75) is 39.3 Å². The van der Waals surface area contributed by atoms with Crippen LogP contribution in [0.3, 0.4) is 0 Å². The molecule has 1 N–H and O–H groups in total. The second-order valence-corrected chi connectivity index (χ2v) is 7.44. The predicted octanol–water partition coefficient (Wildman–Crippen LogP) is 1.06. The molecule has 0 aliphatic heterocycles. The van der Waals surface area contributed by atoms with Gasteiger partial charge in [0.15, 0.2) is 0 Å². The summed E-state index contributed by atoms with van der Waals surface area (Å²) >= 11 is 6.22. The maximum Gasteiger partial charge on any atom is 1.00 e. The molecule has 10 heteroatoms. The molecule has 7 nitrogen and oxygen atoms in total. The number of halogens is 2. The van der Waals surface area contributed by atoms with Gasteiger partial charge in [0.05, 0.1) is 0 Å². The van der Waals surface area contributed by atoms with E-state index >= 15 is 0 Å². The van der Waals surface area contributed by atoms with Crippen LogP contribution in [-0.4, -0.2) is 30.2 Å². The standard InChI is InChI=1S/C22H22ClN6O.ClH.K/c1-2-3-8-20-24-21(23)19(14-30)29(20)13-15-9-11-16(12-10-15)17-6-4-5-7-18(17)22-25-27-28-26-22;;/h4-7,9-12H,2-3,8,13-14H2,1H3,(H,25,26,27,28);1H;/q-1;;+1. The van der Waals surface area contributed by atoms with Crippen LogP contribution in [0, 0.1) is 0 Å². The Labute approximate surface area is 240 Å². The van der Waals surface area contributed by atoms with Crippen molar-refractivity contribution in [2.24, 2.45) is 0 Å². The molecule has 4 rings (SSSR count). The Morgan fingerprint density at radius 1 is 1.06 bits per heavy atom. The molecular weight excluding hydrogens is 474 g/mol. The fraction of sp³-hybridized carbons (Fsp3) is 0.273. The molecule has 0 amide bonds. The maximum atomic E-state index is 11.7. The zero-order valence-corrected chi connectivity index (χ0v) is 22.8. The van der Waals surface area contributed by atoms with Gasteiger partial charge < -0.3 is 9.67 Å². The smallest absolute Gasteiger partial charge is 0.850 e. The number of hydrogen-bond donors (Lipinski definition) is 1. The van der Waals surface area contributed by atoms with E-state index in [0.717, 1.165) is 47.3 Å². The van der Waals surface area contributed by atoms with E-state index in [1.165, 1.54) is 0 Å². The summed E-state index contributed by atoms with van der Waals surface area (Å²) in [4.78, 5) is 4.43. The first-order valence-electron chi connectivity index (χ1n) is 9.95. The minimum atomic E-state index is -0.381. The number of aryl methyl sites for hydroxylation is 1. The molecule has 2 heterocycles. The van der Waals surface area contributed by atoms with Crippen LogP contribution in [0.5, 0.6) is 0 Å². The van der Waals surface area contributed by atoms with Crippen LogP contribution in [0.2, 0.25) is 5.15 Å². The molecule has 0 saturated carbocycles. The SMILES string of the molecule is CCCCc1nc(Cl)c(C[O-])n1Cc1ccc(-c2ccccc2-c2nn[nH]n2)cc1.Cl.[K+]. The zero-order valence-electron chi connectivity index (χ0n) is 18.1. The number of imidazole rings is 1. The topological polar surface area (TPSA) is 95.3 Å². The number of nitrogens with zero attached hydrogens (tertiary/aromatic N) is 5. The third kappa shape index (κ3) is 6.06. The van der Waals surface area contributed by atoms with Crippen molar-refractivity contribution >= 4 is 24.0 Å². The van der Waals surface area contributed by atoms with E-state index in [0.29, 0.717) is 23.2 Å². The summed E-state index contributed by atoms with van der Waals surface area (Å²) in [7, 11) is 0. The van der Waals surface area contributed by atoms with E-state index in [4.69, 9.17) is 11.6 Å². The van der Waals surface area contributed by atoms with Crippen molar-refractivity contribution in [1.29, 1.82) is 0 Å². The average Bonchev–Trinajstić information content (AvgIpc) is 3.41. The first-order valence-corrected chi connectivity index (χ1v) is 10.3. The molecule has 0 spiro atoms. The van der Waals surface area contributed by atoms with Gasteiger partial charge in [-0.1, -0.05) is 80.1 Å². The molecule has 0 bridgehead atoms. The molecule has 0 saturated heterocycles. The van der Waals surface area contributed by atoms with Crippen molar-refractivity contribution in [1.82, 2.24) is 30.2 Å². The van der Waals surface area contributed by atoms with Crippen LogP contribution in [-0.2, 0) is 19.6 Å². The van der Waals surface area contributed by atoms with Gasteiger partial charge in [-0.3, -0.25) is 0 Å². The molecule has 0 atom stereocenters. The Kier molecular flexibility index (Phi) is 11.0. The third-order valence-corrected chi connectivity index (χ3v) is 5.41. The molecule has 0 aliphatic rings. The summed E-state index contributed by atoms with van der Waals surface area (Å²) in [5, 5.41) is 26.4. The third-order valence-electron chi connectivity index (χ3n) is 5.11. The maximum absolute atomic E-state index is 11.7.